The molecule has 4 heteroatoms. The van der Waals surface area contributed by atoms with Gasteiger partial charge in [-0.25, -0.2) is 0 Å². The number of halogens is 2. The lowest BCUT2D eigenvalue weighted by molar-refractivity contribution is 0.325. The van der Waals surface area contributed by atoms with E-state index in [-0.39, 0.29) is 0 Å². The van der Waals surface area contributed by atoms with Crippen LogP contribution in [0.2, 0.25) is 0 Å². The van der Waals surface area contributed by atoms with Crippen LogP contribution in [0.5, 0.6) is 0 Å². The molecule has 0 radical (unpaired) electrons. The van der Waals surface area contributed by atoms with Crippen molar-refractivity contribution in [2.45, 2.75) is 26.3 Å². The molecule has 0 aromatic rings. The molecule has 0 fully saturated rings. The summed E-state index contributed by atoms with van der Waals surface area (Å²) >= 11 is 11.5. The summed E-state index contributed by atoms with van der Waals surface area (Å²) in [7, 11) is 0. The second kappa shape index (κ2) is 9.07. The average molecular weight is 227 g/mol. The van der Waals surface area contributed by atoms with Crippen molar-refractivity contribution in [1.29, 1.82) is 0 Å². The van der Waals surface area contributed by atoms with Crippen LogP contribution in [-0.2, 0) is 0 Å². The van der Waals surface area contributed by atoms with Gasteiger partial charge < -0.3 is 5.32 Å². The summed E-state index contributed by atoms with van der Waals surface area (Å²) < 4.78 is 0. The summed E-state index contributed by atoms with van der Waals surface area (Å²) in [6, 6.07) is 1.05. The third kappa shape index (κ3) is 6.55. The van der Waals surface area contributed by atoms with Crippen molar-refractivity contribution in [3.63, 3.8) is 0 Å². The van der Waals surface area contributed by atoms with Crippen LogP contribution in [0.4, 0.5) is 0 Å². The van der Waals surface area contributed by atoms with E-state index >= 15 is 0 Å². The fourth-order valence-electron chi connectivity index (χ4n) is 1.04. The largest absolute Gasteiger partial charge is 0.312 e. The minimum absolute atomic E-state index is 0.440. The van der Waals surface area contributed by atoms with Gasteiger partial charge in [0.25, 0.3) is 0 Å². The Hall–Kier alpha value is 0.500. The molecular formula is C9H20Cl2N2. The Bertz CT molecular complexity index is 91.8. The van der Waals surface area contributed by atoms with Gasteiger partial charge in [-0.2, -0.15) is 0 Å². The van der Waals surface area contributed by atoms with Crippen molar-refractivity contribution in [1.82, 2.24) is 10.2 Å². The van der Waals surface area contributed by atoms with E-state index in [1.807, 2.05) is 0 Å². The number of alkyl halides is 2. The number of nitrogens with zero attached hydrogens (tertiary/aromatic N) is 1. The van der Waals surface area contributed by atoms with Crippen LogP contribution in [0.25, 0.3) is 0 Å². The summed E-state index contributed by atoms with van der Waals surface area (Å²) in [6.45, 7) is 7.21. The highest BCUT2D eigenvalue weighted by molar-refractivity contribution is 6.18. The molecule has 0 heterocycles. The van der Waals surface area contributed by atoms with Crippen molar-refractivity contribution in [2.24, 2.45) is 0 Å². The Morgan fingerprint density at radius 2 is 2.00 bits per heavy atom. The van der Waals surface area contributed by atoms with Crippen LogP contribution < -0.4 is 5.32 Å². The highest BCUT2D eigenvalue weighted by Gasteiger charge is 2.04. The predicted molar refractivity (Wildman–Crippen MR) is 60.8 cm³/mol. The monoisotopic (exact) mass is 226 g/mol. The molecule has 1 unspecified atom stereocenters. The summed E-state index contributed by atoms with van der Waals surface area (Å²) in [4.78, 5) is 2.18. The van der Waals surface area contributed by atoms with Gasteiger partial charge in [0.15, 0.2) is 0 Å². The zero-order chi connectivity index (χ0) is 10.1. The SMILES string of the molecule is CCC(CCl)NCCN(CC)CCl. The third-order valence-electron chi connectivity index (χ3n) is 2.16. The fraction of sp³-hybridized carbons (Fsp3) is 1.00. The van der Waals surface area contributed by atoms with E-state index < -0.39 is 0 Å². The molecule has 0 aromatic heterocycles. The van der Waals surface area contributed by atoms with Gasteiger partial charge in [-0.3, -0.25) is 4.90 Å². The molecule has 0 aliphatic carbocycles. The van der Waals surface area contributed by atoms with Crippen LogP contribution in [-0.4, -0.2) is 42.5 Å². The first-order valence-electron chi connectivity index (χ1n) is 4.86. The Morgan fingerprint density at radius 1 is 1.31 bits per heavy atom. The van der Waals surface area contributed by atoms with Gasteiger partial charge in [0, 0.05) is 25.0 Å². The van der Waals surface area contributed by atoms with E-state index in [9.17, 15) is 0 Å². The molecule has 0 rings (SSSR count). The third-order valence-corrected chi connectivity index (χ3v) is 2.87. The van der Waals surface area contributed by atoms with Crippen molar-refractivity contribution in [3.05, 3.63) is 0 Å². The molecule has 0 bridgehead atoms. The summed E-state index contributed by atoms with van der Waals surface area (Å²) in [5.41, 5.74) is 0. The minimum Gasteiger partial charge on any atom is -0.312 e. The van der Waals surface area contributed by atoms with Gasteiger partial charge in [0.05, 0.1) is 6.00 Å². The van der Waals surface area contributed by atoms with Crippen LogP contribution in [0.15, 0.2) is 0 Å². The second-order valence-electron chi connectivity index (χ2n) is 3.04. The molecule has 0 spiro atoms. The van der Waals surface area contributed by atoms with Crippen molar-refractivity contribution in [2.75, 3.05) is 31.5 Å². The molecule has 2 nitrogen and oxygen atoms in total. The summed E-state index contributed by atoms with van der Waals surface area (Å²) in [6.07, 6.45) is 1.08. The fourth-order valence-corrected chi connectivity index (χ4v) is 1.65. The number of likely N-dealkylation sites (N-methyl/N-ethyl adjacent to an activating group) is 1. The maximum Gasteiger partial charge on any atom is 0.0738 e. The molecule has 1 N–H and O–H groups in total. The first kappa shape index (κ1) is 13.5. The Balaban J connectivity index is 3.41. The van der Waals surface area contributed by atoms with Crippen LogP contribution in [0.3, 0.4) is 0 Å². The molecule has 0 saturated carbocycles. The molecule has 0 aromatic carbocycles. The lowest BCUT2D eigenvalue weighted by atomic mass is 10.2. The minimum atomic E-state index is 0.440. The highest BCUT2D eigenvalue weighted by atomic mass is 35.5. The number of rotatable bonds is 8. The Labute approximate surface area is 91.6 Å². The lowest BCUT2D eigenvalue weighted by Crippen LogP contribution is -2.37. The molecular weight excluding hydrogens is 207 g/mol. The molecule has 13 heavy (non-hydrogen) atoms. The maximum absolute atomic E-state index is 5.75. The van der Waals surface area contributed by atoms with Gasteiger partial charge in [0.1, 0.15) is 0 Å². The maximum atomic E-state index is 5.75. The first-order valence-corrected chi connectivity index (χ1v) is 5.93. The van der Waals surface area contributed by atoms with E-state index in [4.69, 9.17) is 23.2 Å². The number of nitrogens with one attached hydrogen (secondary N) is 1. The molecule has 0 saturated heterocycles. The zero-order valence-corrected chi connectivity index (χ0v) is 10.0. The topological polar surface area (TPSA) is 15.3 Å². The van der Waals surface area contributed by atoms with Crippen LogP contribution in [0.1, 0.15) is 20.3 Å². The van der Waals surface area contributed by atoms with E-state index in [2.05, 4.69) is 24.1 Å². The van der Waals surface area contributed by atoms with Crippen molar-refractivity contribution in [3.8, 4) is 0 Å². The van der Waals surface area contributed by atoms with E-state index in [1.165, 1.54) is 0 Å². The van der Waals surface area contributed by atoms with Gasteiger partial charge in [-0.15, -0.1) is 23.2 Å². The van der Waals surface area contributed by atoms with Crippen LogP contribution in [0, 0.1) is 0 Å². The lowest BCUT2D eigenvalue weighted by Gasteiger charge is -2.19. The van der Waals surface area contributed by atoms with E-state index in [1.54, 1.807) is 0 Å². The molecule has 80 valence electrons. The normalized spacial score (nSPS) is 13.6. The predicted octanol–water partition coefficient (Wildman–Crippen LogP) is 2.11. The van der Waals surface area contributed by atoms with Gasteiger partial charge >= 0.3 is 0 Å². The summed E-state index contributed by atoms with van der Waals surface area (Å²) in [5.74, 6) is 0.684. The molecule has 1 atom stereocenters. The van der Waals surface area contributed by atoms with Gasteiger partial charge in [0.2, 0.25) is 0 Å². The Morgan fingerprint density at radius 3 is 2.38 bits per heavy atom. The van der Waals surface area contributed by atoms with Gasteiger partial charge in [-0.05, 0) is 13.0 Å². The first-order chi connectivity index (χ1) is 6.28. The number of hydrogen-bond acceptors (Lipinski definition) is 2. The van der Waals surface area contributed by atoms with E-state index in [0.29, 0.717) is 17.9 Å². The smallest absolute Gasteiger partial charge is 0.0738 e. The zero-order valence-electron chi connectivity index (χ0n) is 8.52. The standard InChI is InChI=1S/C9H20Cl2N2/c1-3-9(7-10)12-5-6-13(4-2)8-11/h9,12H,3-8H2,1-2H3. The summed E-state index contributed by atoms with van der Waals surface area (Å²) in [5, 5.41) is 3.39. The van der Waals surface area contributed by atoms with E-state index in [0.717, 1.165) is 26.1 Å². The number of hydrogen-bond donors (Lipinski definition) is 1. The quantitative estimate of drug-likeness (QED) is 0.504. The van der Waals surface area contributed by atoms with Crippen molar-refractivity contribution < 1.29 is 0 Å². The van der Waals surface area contributed by atoms with Gasteiger partial charge in [-0.1, -0.05) is 13.8 Å². The molecule has 0 amide bonds. The van der Waals surface area contributed by atoms with Crippen LogP contribution >= 0.6 is 23.2 Å². The Kier molecular flexibility index (Phi) is 9.42. The highest BCUT2D eigenvalue weighted by Crippen LogP contribution is 1.94. The average Bonchev–Trinajstić information content (AvgIpc) is 2.19. The molecule has 0 aliphatic rings. The second-order valence-corrected chi connectivity index (χ2v) is 3.59. The molecule has 0 aliphatic heterocycles. The van der Waals surface area contributed by atoms with Crippen molar-refractivity contribution >= 4 is 23.2 Å².